The standard InChI is InChI=1S/C12H21F3N2O3/c1-3-17(9(2)8-10(18)19)11(20)16-7-5-4-6-12(13,14)15/h9H,3-8H2,1-2H3,(H,16,20)(H,18,19). The summed E-state index contributed by atoms with van der Waals surface area (Å²) in [5.41, 5.74) is 0. The summed E-state index contributed by atoms with van der Waals surface area (Å²) < 4.78 is 35.7. The number of nitrogens with one attached hydrogen (secondary N) is 1. The van der Waals surface area contributed by atoms with E-state index in [9.17, 15) is 22.8 Å². The second-order valence-corrected chi connectivity index (χ2v) is 4.54. The van der Waals surface area contributed by atoms with Gasteiger partial charge in [-0.15, -0.1) is 0 Å². The molecule has 0 aromatic heterocycles. The van der Waals surface area contributed by atoms with Crippen molar-refractivity contribution in [3.05, 3.63) is 0 Å². The first-order valence-corrected chi connectivity index (χ1v) is 6.50. The predicted molar refractivity (Wildman–Crippen MR) is 67.4 cm³/mol. The quantitative estimate of drug-likeness (QED) is 0.677. The number of nitrogens with zero attached hydrogens (tertiary/aromatic N) is 1. The first kappa shape index (κ1) is 18.5. The van der Waals surface area contributed by atoms with Gasteiger partial charge in [-0.3, -0.25) is 4.79 Å². The van der Waals surface area contributed by atoms with Crippen molar-refractivity contribution in [1.82, 2.24) is 10.2 Å². The average Bonchev–Trinajstić information content (AvgIpc) is 2.26. The molecule has 0 saturated carbocycles. The molecule has 0 heterocycles. The van der Waals surface area contributed by atoms with Crippen molar-refractivity contribution >= 4 is 12.0 Å². The van der Waals surface area contributed by atoms with E-state index in [2.05, 4.69) is 5.32 Å². The number of halogens is 3. The SMILES string of the molecule is CCN(C(=O)NCCCCC(F)(F)F)C(C)CC(=O)O. The highest BCUT2D eigenvalue weighted by atomic mass is 19.4. The number of urea groups is 1. The van der Waals surface area contributed by atoms with E-state index in [1.807, 2.05) is 0 Å². The molecule has 8 heteroatoms. The number of unbranched alkanes of at least 4 members (excludes halogenated alkanes) is 1. The second-order valence-electron chi connectivity index (χ2n) is 4.54. The fourth-order valence-electron chi connectivity index (χ4n) is 1.77. The van der Waals surface area contributed by atoms with Crippen LogP contribution in [-0.4, -0.2) is 47.3 Å². The Morgan fingerprint density at radius 1 is 1.30 bits per heavy atom. The number of carbonyl (C=O) groups excluding carboxylic acids is 1. The van der Waals surface area contributed by atoms with Crippen LogP contribution in [0.4, 0.5) is 18.0 Å². The van der Waals surface area contributed by atoms with Gasteiger partial charge < -0.3 is 15.3 Å². The van der Waals surface area contributed by atoms with Crippen LogP contribution in [0.3, 0.4) is 0 Å². The summed E-state index contributed by atoms with van der Waals surface area (Å²) >= 11 is 0. The molecular weight excluding hydrogens is 277 g/mol. The number of rotatable bonds is 8. The van der Waals surface area contributed by atoms with Crippen LogP contribution < -0.4 is 5.32 Å². The van der Waals surface area contributed by atoms with Crippen LogP contribution >= 0.6 is 0 Å². The van der Waals surface area contributed by atoms with Gasteiger partial charge in [0.25, 0.3) is 0 Å². The third kappa shape index (κ3) is 8.60. The summed E-state index contributed by atoms with van der Waals surface area (Å²) in [6, 6.07) is -0.916. The van der Waals surface area contributed by atoms with Crippen molar-refractivity contribution in [2.24, 2.45) is 0 Å². The molecule has 0 aliphatic carbocycles. The van der Waals surface area contributed by atoms with Crippen LogP contribution in [0.1, 0.15) is 39.5 Å². The third-order valence-electron chi connectivity index (χ3n) is 2.77. The molecule has 1 atom stereocenters. The molecule has 2 amide bonds. The van der Waals surface area contributed by atoms with Crippen molar-refractivity contribution < 1.29 is 27.9 Å². The molecule has 0 rings (SSSR count). The second kappa shape index (κ2) is 8.65. The van der Waals surface area contributed by atoms with Crippen molar-refractivity contribution in [2.45, 2.75) is 51.7 Å². The summed E-state index contributed by atoms with van der Waals surface area (Å²) in [4.78, 5) is 23.7. The summed E-state index contributed by atoms with van der Waals surface area (Å²) in [6.07, 6.45) is -5.02. The molecule has 118 valence electrons. The maximum atomic E-state index is 11.9. The van der Waals surface area contributed by atoms with Gasteiger partial charge in [0.1, 0.15) is 0 Å². The topological polar surface area (TPSA) is 69.6 Å². The van der Waals surface area contributed by atoms with E-state index < -0.39 is 30.6 Å². The van der Waals surface area contributed by atoms with Gasteiger partial charge in [-0.1, -0.05) is 0 Å². The lowest BCUT2D eigenvalue weighted by Crippen LogP contribution is -2.45. The average molecular weight is 298 g/mol. The minimum atomic E-state index is -4.17. The van der Waals surface area contributed by atoms with Crippen LogP contribution in [0, 0.1) is 0 Å². The number of carboxylic acids is 1. The van der Waals surface area contributed by atoms with Crippen LogP contribution in [0.15, 0.2) is 0 Å². The van der Waals surface area contributed by atoms with E-state index in [1.54, 1.807) is 13.8 Å². The Balaban J connectivity index is 4.01. The van der Waals surface area contributed by atoms with Gasteiger partial charge in [-0.2, -0.15) is 13.2 Å². The Morgan fingerprint density at radius 2 is 1.90 bits per heavy atom. The Labute approximate surface area is 116 Å². The molecule has 2 N–H and O–H groups in total. The predicted octanol–water partition coefficient (Wildman–Crippen LogP) is 2.61. The zero-order valence-electron chi connectivity index (χ0n) is 11.7. The lowest BCUT2D eigenvalue weighted by molar-refractivity contribution is -0.138. The molecule has 0 radical (unpaired) electrons. The van der Waals surface area contributed by atoms with E-state index in [0.29, 0.717) is 6.54 Å². The van der Waals surface area contributed by atoms with Gasteiger partial charge in [0, 0.05) is 25.6 Å². The van der Waals surface area contributed by atoms with Crippen LogP contribution in [-0.2, 0) is 4.79 Å². The first-order valence-electron chi connectivity index (χ1n) is 6.50. The number of hydrogen-bond donors (Lipinski definition) is 2. The lowest BCUT2D eigenvalue weighted by atomic mass is 10.2. The molecule has 0 aromatic carbocycles. The molecule has 0 bridgehead atoms. The van der Waals surface area contributed by atoms with Gasteiger partial charge in [-0.05, 0) is 26.7 Å². The van der Waals surface area contributed by atoms with Gasteiger partial charge in [0.05, 0.1) is 6.42 Å². The molecule has 1 unspecified atom stereocenters. The highest BCUT2D eigenvalue weighted by Gasteiger charge is 2.26. The molecule has 0 saturated heterocycles. The molecule has 0 fully saturated rings. The molecule has 0 aromatic rings. The summed E-state index contributed by atoms with van der Waals surface area (Å²) in [5, 5.41) is 11.2. The van der Waals surface area contributed by atoms with Crippen LogP contribution in [0.5, 0.6) is 0 Å². The van der Waals surface area contributed by atoms with E-state index in [0.717, 1.165) is 0 Å². The monoisotopic (exact) mass is 298 g/mol. The summed E-state index contributed by atoms with van der Waals surface area (Å²) in [6.45, 7) is 3.80. The van der Waals surface area contributed by atoms with Crippen molar-refractivity contribution in [3.63, 3.8) is 0 Å². The van der Waals surface area contributed by atoms with Gasteiger partial charge in [0.2, 0.25) is 0 Å². The summed E-state index contributed by atoms with van der Waals surface area (Å²) in [5.74, 6) is -1.01. The van der Waals surface area contributed by atoms with Crippen molar-refractivity contribution in [1.29, 1.82) is 0 Å². The molecule has 5 nitrogen and oxygen atoms in total. The number of amides is 2. The Kier molecular flexibility index (Phi) is 8.02. The Hall–Kier alpha value is -1.47. The minimum absolute atomic E-state index is 0.0411. The van der Waals surface area contributed by atoms with Crippen molar-refractivity contribution in [3.8, 4) is 0 Å². The fourth-order valence-corrected chi connectivity index (χ4v) is 1.77. The fraction of sp³-hybridized carbons (Fsp3) is 0.833. The highest BCUT2D eigenvalue weighted by molar-refractivity contribution is 5.75. The largest absolute Gasteiger partial charge is 0.481 e. The highest BCUT2D eigenvalue weighted by Crippen LogP contribution is 2.21. The molecular formula is C12H21F3N2O3. The van der Waals surface area contributed by atoms with E-state index in [-0.39, 0.29) is 25.8 Å². The molecule has 0 aliphatic rings. The smallest absolute Gasteiger partial charge is 0.389 e. The number of alkyl halides is 3. The zero-order chi connectivity index (χ0) is 15.8. The normalized spacial score (nSPS) is 12.8. The van der Waals surface area contributed by atoms with Crippen LogP contribution in [0.25, 0.3) is 0 Å². The summed E-state index contributed by atoms with van der Waals surface area (Å²) in [7, 11) is 0. The Morgan fingerprint density at radius 3 is 2.35 bits per heavy atom. The van der Waals surface area contributed by atoms with Crippen molar-refractivity contribution in [2.75, 3.05) is 13.1 Å². The molecule has 20 heavy (non-hydrogen) atoms. The molecule has 0 spiro atoms. The number of aliphatic carboxylic acids is 1. The zero-order valence-corrected chi connectivity index (χ0v) is 11.7. The number of carboxylic acid groups (broad SMARTS) is 1. The van der Waals surface area contributed by atoms with Gasteiger partial charge in [0.15, 0.2) is 0 Å². The van der Waals surface area contributed by atoms with Gasteiger partial charge in [-0.25, -0.2) is 4.79 Å². The Bertz CT molecular complexity index is 322. The third-order valence-corrected chi connectivity index (χ3v) is 2.77. The van der Waals surface area contributed by atoms with E-state index in [4.69, 9.17) is 5.11 Å². The number of hydrogen-bond acceptors (Lipinski definition) is 2. The number of carbonyl (C=O) groups is 2. The van der Waals surface area contributed by atoms with Gasteiger partial charge >= 0.3 is 18.2 Å². The van der Waals surface area contributed by atoms with Crippen LogP contribution in [0.2, 0.25) is 0 Å². The lowest BCUT2D eigenvalue weighted by Gasteiger charge is -2.27. The van der Waals surface area contributed by atoms with E-state index in [1.165, 1.54) is 4.90 Å². The maximum absolute atomic E-state index is 11.9. The van der Waals surface area contributed by atoms with E-state index >= 15 is 0 Å². The minimum Gasteiger partial charge on any atom is -0.481 e. The molecule has 0 aliphatic heterocycles. The first-order chi connectivity index (χ1) is 9.17. The maximum Gasteiger partial charge on any atom is 0.389 e.